The first-order valence-corrected chi connectivity index (χ1v) is 36.2. The van der Waals surface area contributed by atoms with Gasteiger partial charge in [0.1, 0.15) is 19.3 Å². The van der Waals surface area contributed by atoms with E-state index in [-0.39, 0.29) is 25.1 Å². The average molecular weight is 1140 g/mol. The van der Waals surface area contributed by atoms with Gasteiger partial charge in [0.05, 0.1) is 33.8 Å². The van der Waals surface area contributed by atoms with Gasteiger partial charge in [-0.05, 0) is 57.4 Å². The van der Waals surface area contributed by atoms with E-state index in [9.17, 15) is 19.0 Å². The molecular formula is C69H136N2O7P+. The Bertz CT molecular complexity index is 1400. The molecule has 3 atom stereocenters. The molecule has 3 unspecified atom stereocenters. The van der Waals surface area contributed by atoms with Crippen LogP contribution >= 0.6 is 7.82 Å². The van der Waals surface area contributed by atoms with Gasteiger partial charge in [-0.3, -0.25) is 18.6 Å². The van der Waals surface area contributed by atoms with Crippen molar-refractivity contribution < 1.29 is 37.3 Å². The molecule has 10 heteroatoms. The van der Waals surface area contributed by atoms with E-state index >= 15 is 0 Å². The Hall–Kier alpha value is -1.51. The first-order valence-electron chi connectivity index (χ1n) is 34.7. The number of likely N-dealkylation sites (N-methyl/N-ethyl adjacent to an activating group) is 1. The number of ether oxygens (including phenoxy) is 1. The highest BCUT2D eigenvalue weighted by Crippen LogP contribution is 2.43. The highest BCUT2D eigenvalue weighted by molar-refractivity contribution is 7.47. The lowest BCUT2D eigenvalue weighted by Crippen LogP contribution is -2.47. The number of allylic oxidation sites excluding steroid dienone is 3. The molecule has 79 heavy (non-hydrogen) atoms. The third-order valence-corrected chi connectivity index (χ3v) is 16.9. The second-order valence-electron chi connectivity index (χ2n) is 25.1. The fraction of sp³-hybridized carbons (Fsp3) is 0.913. The van der Waals surface area contributed by atoms with Gasteiger partial charge in [0.25, 0.3) is 0 Å². The van der Waals surface area contributed by atoms with Gasteiger partial charge in [-0.1, -0.05) is 309 Å². The van der Waals surface area contributed by atoms with Gasteiger partial charge >= 0.3 is 13.8 Å². The van der Waals surface area contributed by atoms with E-state index in [1.165, 1.54) is 263 Å². The van der Waals surface area contributed by atoms with E-state index in [4.69, 9.17) is 13.8 Å². The minimum atomic E-state index is -4.45. The van der Waals surface area contributed by atoms with Crippen molar-refractivity contribution in [1.29, 1.82) is 0 Å². The quantitative estimate of drug-likeness (QED) is 0.0205. The maximum atomic E-state index is 13.6. The summed E-state index contributed by atoms with van der Waals surface area (Å²) in [5.74, 6) is -0.485. The van der Waals surface area contributed by atoms with Crippen molar-refractivity contribution in [3.05, 3.63) is 24.3 Å². The lowest BCUT2D eigenvalue weighted by Gasteiger charge is -2.27. The molecular weight excluding hydrogens is 1000 g/mol. The normalized spacial score (nSPS) is 13.7. The third kappa shape index (κ3) is 60.9. The van der Waals surface area contributed by atoms with Crippen LogP contribution in [0.4, 0.5) is 0 Å². The van der Waals surface area contributed by atoms with Crippen molar-refractivity contribution in [1.82, 2.24) is 5.32 Å². The molecule has 1 amide bonds. The molecule has 0 saturated carbocycles. The van der Waals surface area contributed by atoms with E-state index in [1.807, 2.05) is 33.3 Å². The number of hydrogen-bond donors (Lipinski definition) is 2. The summed E-state index contributed by atoms with van der Waals surface area (Å²) in [5, 5.41) is 3.07. The Morgan fingerprint density at radius 1 is 0.430 bits per heavy atom. The van der Waals surface area contributed by atoms with Gasteiger partial charge in [0.15, 0.2) is 0 Å². The van der Waals surface area contributed by atoms with Crippen LogP contribution in [-0.4, -0.2) is 74.3 Å². The van der Waals surface area contributed by atoms with Crippen molar-refractivity contribution >= 4 is 19.7 Å². The standard InChI is InChI=1S/C69H135N2O7P/c1-7-10-13-16-19-22-25-27-29-31-33-35-37-39-41-43-46-49-52-55-58-61-68(72)70-66(65-77-79(74,75)76-64-63-71(4,5)6)67(60-57-54-51-48-45-24-21-18-15-12-9-3)78-69(73)62-59-56-53-50-47-44-42-40-38-36-34-32-30-28-26-23-20-17-14-11-8-2/h28,30,57,60,66-67H,7-27,29,31-56,58-59,61-65H2,1-6H3,(H-,70,72,74,75)/p+1/b30-28+,60-57+. The molecule has 0 spiro atoms. The van der Waals surface area contributed by atoms with Crippen LogP contribution in [0.3, 0.4) is 0 Å². The van der Waals surface area contributed by atoms with Gasteiger partial charge in [-0.25, -0.2) is 4.57 Å². The molecule has 0 bridgehead atoms. The zero-order valence-corrected chi connectivity index (χ0v) is 54.5. The molecule has 0 saturated heterocycles. The van der Waals surface area contributed by atoms with Gasteiger partial charge in [0, 0.05) is 12.8 Å². The number of nitrogens with zero attached hydrogens (tertiary/aromatic N) is 1. The molecule has 0 heterocycles. The van der Waals surface area contributed by atoms with Crippen LogP contribution < -0.4 is 5.32 Å². The molecule has 9 nitrogen and oxygen atoms in total. The van der Waals surface area contributed by atoms with Gasteiger partial charge in [-0.2, -0.15) is 0 Å². The first-order chi connectivity index (χ1) is 38.4. The topological polar surface area (TPSA) is 111 Å². The largest absolute Gasteiger partial charge is 0.472 e. The molecule has 0 rings (SSSR count). The third-order valence-electron chi connectivity index (χ3n) is 15.9. The minimum absolute atomic E-state index is 0.0442. The Morgan fingerprint density at radius 2 is 0.734 bits per heavy atom. The molecule has 468 valence electrons. The number of carbonyl (C=O) groups is 2. The summed E-state index contributed by atoms with van der Waals surface area (Å²) in [6.45, 7) is 7.07. The Kier molecular flexibility index (Phi) is 58.5. The summed E-state index contributed by atoms with van der Waals surface area (Å²) < 4.78 is 30.8. The summed E-state index contributed by atoms with van der Waals surface area (Å²) in [6.07, 6.45) is 71.9. The number of unbranched alkanes of at least 4 members (excludes halogenated alkanes) is 46. The van der Waals surface area contributed by atoms with Crippen LogP contribution in [0.15, 0.2) is 24.3 Å². The molecule has 0 aliphatic carbocycles. The van der Waals surface area contributed by atoms with E-state index in [0.29, 0.717) is 23.9 Å². The number of rotatable bonds is 64. The molecule has 0 aliphatic rings. The van der Waals surface area contributed by atoms with Crippen LogP contribution in [0.2, 0.25) is 0 Å². The fourth-order valence-corrected chi connectivity index (χ4v) is 11.3. The SMILES string of the molecule is CCCCCCCC/C=C/CCCCCCCCCCCCCC(=O)OC(/C=C/CCCCCCCCCCC)C(COP(=O)(O)OCC[N+](C)(C)C)NC(=O)CCCCCCCCCCCCCCCCCCCCCCC. The lowest BCUT2D eigenvalue weighted by atomic mass is 10.0. The number of hydrogen-bond acceptors (Lipinski definition) is 6. The second kappa shape index (κ2) is 59.6. The highest BCUT2D eigenvalue weighted by Gasteiger charge is 2.30. The maximum absolute atomic E-state index is 13.6. The number of esters is 1. The zero-order chi connectivity index (χ0) is 57.9. The van der Waals surface area contributed by atoms with E-state index in [2.05, 4.69) is 38.2 Å². The van der Waals surface area contributed by atoms with Crippen LogP contribution in [-0.2, 0) is 27.9 Å². The predicted octanol–water partition coefficient (Wildman–Crippen LogP) is 21.7. The summed E-state index contributed by atoms with van der Waals surface area (Å²) in [6, 6.07) is -0.843. The van der Waals surface area contributed by atoms with Crippen LogP contribution in [0.25, 0.3) is 0 Å². The molecule has 0 radical (unpaired) electrons. The maximum Gasteiger partial charge on any atom is 0.472 e. The fourth-order valence-electron chi connectivity index (χ4n) is 10.5. The summed E-state index contributed by atoms with van der Waals surface area (Å²) in [4.78, 5) is 37.8. The minimum Gasteiger partial charge on any atom is -0.456 e. The number of nitrogens with one attached hydrogen (secondary N) is 1. The number of amides is 1. The first kappa shape index (κ1) is 77.5. The second-order valence-corrected chi connectivity index (χ2v) is 26.5. The van der Waals surface area contributed by atoms with Crippen LogP contribution in [0, 0.1) is 0 Å². The number of carbonyl (C=O) groups excluding carboxylic acids is 2. The molecule has 2 N–H and O–H groups in total. The number of quaternary nitrogens is 1. The van der Waals surface area contributed by atoms with Crippen molar-refractivity contribution in [3.8, 4) is 0 Å². The number of phosphoric ester groups is 1. The van der Waals surface area contributed by atoms with Gasteiger partial charge < -0.3 is 19.4 Å². The van der Waals surface area contributed by atoms with E-state index in [0.717, 1.165) is 57.8 Å². The summed E-state index contributed by atoms with van der Waals surface area (Å²) in [5.41, 5.74) is 0. The van der Waals surface area contributed by atoms with E-state index < -0.39 is 20.0 Å². The molecule has 0 aromatic heterocycles. The van der Waals surface area contributed by atoms with E-state index in [1.54, 1.807) is 0 Å². The Labute approximate surface area is 492 Å². The molecule has 0 aliphatic heterocycles. The smallest absolute Gasteiger partial charge is 0.456 e. The predicted molar refractivity (Wildman–Crippen MR) is 342 cm³/mol. The summed E-state index contributed by atoms with van der Waals surface area (Å²) in [7, 11) is 1.52. The van der Waals surface area contributed by atoms with Gasteiger partial charge in [-0.15, -0.1) is 0 Å². The van der Waals surface area contributed by atoms with Crippen LogP contribution in [0.1, 0.15) is 355 Å². The van der Waals surface area contributed by atoms with Crippen LogP contribution in [0.5, 0.6) is 0 Å². The highest BCUT2D eigenvalue weighted by atomic mass is 31.2. The summed E-state index contributed by atoms with van der Waals surface area (Å²) >= 11 is 0. The van der Waals surface area contributed by atoms with Gasteiger partial charge in [0.2, 0.25) is 5.91 Å². The van der Waals surface area contributed by atoms with Crippen molar-refractivity contribution in [3.63, 3.8) is 0 Å². The molecule has 0 aromatic rings. The zero-order valence-electron chi connectivity index (χ0n) is 53.6. The van der Waals surface area contributed by atoms with Crippen molar-refractivity contribution in [2.75, 3.05) is 40.9 Å². The molecule has 0 fully saturated rings. The Morgan fingerprint density at radius 3 is 1.08 bits per heavy atom. The lowest BCUT2D eigenvalue weighted by molar-refractivity contribution is -0.870. The van der Waals surface area contributed by atoms with Crippen molar-refractivity contribution in [2.45, 2.75) is 367 Å². The number of phosphoric acid groups is 1. The average Bonchev–Trinajstić information content (AvgIpc) is 3.41. The monoisotopic (exact) mass is 1140 g/mol. The van der Waals surface area contributed by atoms with Crippen molar-refractivity contribution in [2.24, 2.45) is 0 Å². The molecule has 0 aromatic carbocycles. The Balaban J connectivity index is 5.04.